The van der Waals surface area contributed by atoms with Gasteiger partial charge in [0.15, 0.2) is 0 Å². The number of nitrogen functional groups attached to an aromatic ring is 1. The molecule has 0 spiro atoms. The second-order valence-electron chi connectivity index (χ2n) is 3.32. The molecule has 1 aromatic heterocycles. The van der Waals surface area contributed by atoms with Crippen molar-refractivity contribution < 1.29 is 0 Å². The van der Waals surface area contributed by atoms with Crippen molar-refractivity contribution in [2.45, 2.75) is 13.0 Å². The summed E-state index contributed by atoms with van der Waals surface area (Å²) in [6.07, 6.45) is 2.82. The molecule has 12 heavy (non-hydrogen) atoms. The first kappa shape index (κ1) is 7.55. The molecular weight excluding hydrogens is 150 g/mol. The number of aromatic nitrogens is 1. The highest BCUT2D eigenvalue weighted by Gasteiger charge is 2.14. The Morgan fingerprint density at radius 2 is 2.42 bits per heavy atom. The Hall–Kier alpha value is -1.09. The predicted molar refractivity (Wildman–Crippen MR) is 48.7 cm³/mol. The van der Waals surface area contributed by atoms with Gasteiger partial charge >= 0.3 is 0 Å². The maximum atomic E-state index is 5.76. The fourth-order valence-corrected chi connectivity index (χ4v) is 1.66. The van der Waals surface area contributed by atoms with Crippen LogP contribution in [0.1, 0.15) is 11.1 Å². The van der Waals surface area contributed by atoms with Crippen molar-refractivity contribution in [1.82, 2.24) is 9.88 Å². The molecule has 2 rings (SSSR count). The van der Waals surface area contributed by atoms with Gasteiger partial charge in [-0.1, -0.05) is 0 Å². The third kappa shape index (κ3) is 1.16. The Morgan fingerprint density at radius 1 is 1.58 bits per heavy atom. The molecule has 2 N–H and O–H groups in total. The summed E-state index contributed by atoms with van der Waals surface area (Å²) in [6, 6.07) is 2.06. The minimum atomic E-state index is 0.709. The van der Waals surface area contributed by atoms with E-state index in [1.165, 1.54) is 11.1 Å². The molecule has 0 saturated carbocycles. The zero-order valence-corrected chi connectivity index (χ0v) is 7.25. The van der Waals surface area contributed by atoms with Crippen molar-refractivity contribution in [3.05, 3.63) is 23.4 Å². The molecule has 0 bridgehead atoms. The maximum Gasteiger partial charge on any atom is 0.126 e. The number of nitrogens with zero attached hydrogens (tertiary/aromatic N) is 2. The molecule has 1 aliphatic heterocycles. The molecule has 3 heteroatoms. The molecule has 2 heterocycles. The van der Waals surface area contributed by atoms with Crippen molar-refractivity contribution in [2.24, 2.45) is 0 Å². The van der Waals surface area contributed by atoms with Gasteiger partial charge in [-0.3, -0.25) is 0 Å². The average Bonchev–Trinajstić information content (AvgIpc) is 2.04. The van der Waals surface area contributed by atoms with Gasteiger partial charge in [0.05, 0.1) is 0 Å². The minimum absolute atomic E-state index is 0.709. The van der Waals surface area contributed by atoms with E-state index < -0.39 is 0 Å². The summed E-state index contributed by atoms with van der Waals surface area (Å²) in [7, 11) is 2.12. The van der Waals surface area contributed by atoms with Crippen LogP contribution < -0.4 is 5.73 Å². The number of hydrogen-bond acceptors (Lipinski definition) is 3. The number of likely N-dealkylation sites (N-methyl/N-ethyl adjacent to an activating group) is 1. The predicted octanol–water partition coefficient (Wildman–Crippen LogP) is 0.652. The van der Waals surface area contributed by atoms with E-state index in [2.05, 4.69) is 23.0 Å². The van der Waals surface area contributed by atoms with Crippen LogP contribution in [0, 0.1) is 0 Å². The molecule has 0 amide bonds. The number of fused-ring (bicyclic) bond motifs is 1. The Morgan fingerprint density at radius 3 is 3.25 bits per heavy atom. The zero-order chi connectivity index (χ0) is 8.55. The van der Waals surface area contributed by atoms with Gasteiger partial charge in [0.25, 0.3) is 0 Å². The molecular formula is C9H13N3. The number of nitrogens with two attached hydrogens (primary N) is 1. The van der Waals surface area contributed by atoms with Gasteiger partial charge in [0, 0.05) is 24.8 Å². The second-order valence-corrected chi connectivity index (χ2v) is 3.32. The van der Waals surface area contributed by atoms with E-state index in [1.54, 1.807) is 6.20 Å². The molecule has 1 aromatic rings. The summed E-state index contributed by atoms with van der Waals surface area (Å²) >= 11 is 0. The molecule has 0 fully saturated rings. The van der Waals surface area contributed by atoms with Crippen molar-refractivity contribution in [3.8, 4) is 0 Å². The SMILES string of the molecule is CN1CCc2c(ccnc2N)C1. The highest BCUT2D eigenvalue weighted by atomic mass is 15.1. The van der Waals surface area contributed by atoms with E-state index in [9.17, 15) is 0 Å². The zero-order valence-electron chi connectivity index (χ0n) is 7.25. The van der Waals surface area contributed by atoms with E-state index in [1.807, 2.05) is 0 Å². The van der Waals surface area contributed by atoms with Gasteiger partial charge in [-0.2, -0.15) is 0 Å². The van der Waals surface area contributed by atoms with Crippen molar-refractivity contribution in [3.63, 3.8) is 0 Å². The van der Waals surface area contributed by atoms with Crippen LogP contribution in [0.4, 0.5) is 5.82 Å². The second kappa shape index (κ2) is 2.75. The highest BCUT2D eigenvalue weighted by Crippen LogP contribution is 2.20. The van der Waals surface area contributed by atoms with Gasteiger partial charge < -0.3 is 10.6 Å². The molecule has 3 nitrogen and oxygen atoms in total. The Bertz CT molecular complexity index is 296. The largest absolute Gasteiger partial charge is 0.383 e. The smallest absolute Gasteiger partial charge is 0.126 e. The van der Waals surface area contributed by atoms with E-state index in [0.29, 0.717) is 5.82 Å². The van der Waals surface area contributed by atoms with E-state index in [-0.39, 0.29) is 0 Å². The summed E-state index contributed by atoms with van der Waals surface area (Å²) < 4.78 is 0. The number of rotatable bonds is 0. The lowest BCUT2D eigenvalue weighted by Crippen LogP contribution is -2.27. The molecule has 0 saturated heterocycles. The Balaban J connectivity index is 2.42. The van der Waals surface area contributed by atoms with Gasteiger partial charge in [-0.05, 0) is 25.1 Å². The topological polar surface area (TPSA) is 42.2 Å². The third-order valence-corrected chi connectivity index (χ3v) is 2.37. The molecule has 0 atom stereocenters. The molecule has 0 aromatic carbocycles. The lowest BCUT2D eigenvalue weighted by Gasteiger charge is -2.25. The summed E-state index contributed by atoms with van der Waals surface area (Å²) in [5.41, 5.74) is 8.33. The average molecular weight is 163 g/mol. The third-order valence-electron chi connectivity index (χ3n) is 2.37. The van der Waals surface area contributed by atoms with Crippen LogP contribution in [0.5, 0.6) is 0 Å². The highest BCUT2D eigenvalue weighted by molar-refractivity contribution is 5.45. The van der Waals surface area contributed by atoms with Gasteiger partial charge in [0.2, 0.25) is 0 Å². The van der Waals surface area contributed by atoms with E-state index in [4.69, 9.17) is 5.73 Å². The van der Waals surface area contributed by atoms with Crippen LogP contribution in [-0.2, 0) is 13.0 Å². The molecule has 0 aliphatic carbocycles. The van der Waals surface area contributed by atoms with E-state index >= 15 is 0 Å². The maximum absolute atomic E-state index is 5.76. The van der Waals surface area contributed by atoms with Gasteiger partial charge in [-0.25, -0.2) is 4.98 Å². The van der Waals surface area contributed by atoms with Crippen LogP contribution in [0.3, 0.4) is 0 Å². The standard InChI is InChI=1S/C9H13N3/c1-12-5-3-8-7(6-12)2-4-11-9(8)10/h2,4H,3,5-6H2,1H3,(H2,10,11). The van der Waals surface area contributed by atoms with Crippen LogP contribution in [0.2, 0.25) is 0 Å². The first-order valence-electron chi connectivity index (χ1n) is 4.18. The number of anilines is 1. The number of hydrogen-bond donors (Lipinski definition) is 1. The lowest BCUT2D eigenvalue weighted by atomic mass is 10.0. The van der Waals surface area contributed by atoms with E-state index in [0.717, 1.165) is 19.5 Å². The molecule has 1 aliphatic rings. The molecule has 64 valence electrons. The Kier molecular flexibility index (Phi) is 1.73. The van der Waals surface area contributed by atoms with Crippen LogP contribution in [0.25, 0.3) is 0 Å². The summed E-state index contributed by atoms with van der Waals surface area (Å²) in [5.74, 6) is 0.709. The summed E-state index contributed by atoms with van der Waals surface area (Å²) in [4.78, 5) is 6.37. The Labute approximate surface area is 72.2 Å². The van der Waals surface area contributed by atoms with Crippen LogP contribution in [-0.4, -0.2) is 23.5 Å². The van der Waals surface area contributed by atoms with Crippen molar-refractivity contribution in [2.75, 3.05) is 19.3 Å². The van der Waals surface area contributed by atoms with Gasteiger partial charge in [-0.15, -0.1) is 0 Å². The quantitative estimate of drug-likeness (QED) is 0.610. The summed E-state index contributed by atoms with van der Waals surface area (Å²) in [6.45, 7) is 2.09. The van der Waals surface area contributed by atoms with Gasteiger partial charge in [0.1, 0.15) is 5.82 Å². The van der Waals surface area contributed by atoms with Crippen LogP contribution >= 0.6 is 0 Å². The minimum Gasteiger partial charge on any atom is -0.383 e. The van der Waals surface area contributed by atoms with Crippen molar-refractivity contribution >= 4 is 5.82 Å². The number of pyridine rings is 1. The van der Waals surface area contributed by atoms with Crippen molar-refractivity contribution in [1.29, 1.82) is 0 Å². The first-order valence-corrected chi connectivity index (χ1v) is 4.18. The summed E-state index contributed by atoms with van der Waals surface area (Å²) in [5, 5.41) is 0. The van der Waals surface area contributed by atoms with Crippen LogP contribution in [0.15, 0.2) is 12.3 Å². The normalized spacial score (nSPS) is 17.4. The fraction of sp³-hybridized carbons (Fsp3) is 0.444. The monoisotopic (exact) mass is 163 g/mol. The fourth-order valence-electron chi connectivity index (χ4n) is 1.66. The molecule has 0 unspecified atom stereocenters. The first-order chi connectivity index (χ1) is 5.77. The molecule has 0 radical (unpaired) electrons. The lowest BCUT2D eigenvalue weighted by molar-refractivity contribution is 0.313.